The zero-order valence-electron chi connectivity index (χ0n) is 22.1. The van der Waals surface area contributed by atoms with Crippen molar-refractivity contribution in [2.45, 2.75) is 18.9 Å². The van der Waals surface area contributed by atoms with Crippen LogP contribution >= 0.6 is 23.2 Å². The number of hydrogen-bond donors (Lipinski definition) is 0. The normalized spacial score (nSPS) is 11.8. The zero-order chi connectivity index (χ0) is 29.1. The Morgan fingerprint density at radius 2 is 1.78 bits per heavy atom. The number of rotatable bonds is 9. The van der Waals surface area contributed by atoms with Crippen molar-refractivity contribution in [3.05, 3.63) is 117 Å². The highest BCUT2D eigenvalue weighted by molar-refractivity contribution is 6.31. The van der Waals surface area contributed by atoms with E-state index >= 15 is 0 Å². The number of methoxy groups -OCH3 is 1. The summed E-state index contributed by atoms with van der Waals surface area (Å²) in [5, 5.41) is 8.46. The number of Topliss-reactive ketones (excluding diaryl/α,β-unsaturated/α-hetero) is 1. The first-order valence-corrected chi connectivity index (χ1v) is 13.3. The summed E-state index contributed by atoms with van der Waals surface area (Å²) in [6.45, 7) is 0. The van der Waals surface area contributed by atoms with E-state index in [9.17, 15) is 14.4 Å². The number of carbonyl (C=O) groups excluding carboxylic acids is 2. The number of ether oxygens (including phenoxy) is 1. The minimum absolute atomic E-state index is 0.00201. The Balaban J connectivity index is 1.52. The van der Waals surface area contributed by atoms with Gasteiger partial charge in [-0.25, -0.2) is 14.5 Å². The summed E-state index contributed by atoms with van der Waals surface area (Å²) in [6.07, 6.45) is 4.87. The molecule has 0 aliphatic carbocycles. The highest BCUT2D eigenvalue weighted by Gasteiger charge is 2.25. The van der Waals surface area contributed by atoms with Crippen molar-refractivity contribution in [1.29, 1.82) is 0 Å². The number of benzene rings is 2. The van der Waals surface area contributed by atoms with Crippen molar-refractivity contribution in [3.63, 3.8) is 0 Å². The van der Waals surface area contributed by atoms with Crippen LogP contribution in [0.25, 0.3) is 16.9 Å². The molecule has 3 heterocycles. The highest BCUT2D eigenvalue weighted by atomic mass is 35.5. The molecule has 0 spiro atoms. The van der Waals surface area contributed by atoms with Gasteiger partial charge in [0.25, 0.3) is 5.56 Å². The topological polar surface area (TPSA) is 114 Å². The van der Waals surface area contributed by atoms with Gasteiger partial charge in [-0.15, -0.1) is 5.10 Å². The Hall–Kier alpha value is -4.54. The maximum absolute atomic E-state index is 13.7. The van der Waals surface area contributed by atoms with E-state index in [2.05, 4.69) is 15.3 Å². The second kappa shape index (κ2) is 11.9. The predicted octanol–water partition coefficient (Wildman–Crippen LogP) is 4.52. The molecule has 0 saturated carbocycles. The van der Waals surface area contributed by atoms with E-state index in [0.717, 1.165) is 5.56 Å². The molecule has 208 valence electrons. The van der Waals surface area contributed by atoms with Gasteiger partial charge in [0.05, 0.1) is 31.0 Å². The third kappa shape index (κ3) is 6.13. The van der Waals surface area contributed by atoms with E-state index < -0.39 is 17.6 Å². The van der Waals surface area contributed by atoms with E-state index in [4.69, 9.17) is 27.9 Å². The third-order valence-electron chi connectivity index (χ3n) is 6.60. The van der Waals surface area contributed by atoms with Gasteiger partial charge < -0.3 is 9.30 Å². The number of carbonyl (C=O) groups is 2. The fourth-order valence-electron chi connectivity index (χ4n) is 4.63. The van der Waals surface area contributed by atoms with Crippen LogP contribution in [0.4, 0.5) is 0 Å². The predicted molar refractivity (Wildman–Crippen MR) is 154 cm³/mol. The largest absolute Gasteiger partial charge is 0.464 e. The number of hydrogen-bond acceptors (Lipinski definition) is 7. The lowest BCUT2D eigenvalue weighted by molar-refractivity contribution is -0.121. The SMILES string of the molecule is COC(=O)c1cc(CC(=O)[C@H](Cc2ccccc2)n2cnc(-c3cc(Cl)ccc3-n3cc(Cl)nn3)cc2=O)cn1C. The molecule has 5 rings (SSSR count). The molecule has 12 heteroatoms. The van der Waals surface area contributed by atoms with Crippen molar-refractivity contribution in [2.24, 2.45) is 7.05 Å². The number of ketones is 1. The van der Waals surface area contributed by atoms with Crippen LogP contribution in [0.5, 0.6) is 0 Å². The summed E-state index contributed by atoms with van der Waals surface area (Å²) in [5.74, 6) is -0.718. The number of nitrogens with zero attached hydrogens (tertiary/aromatic N) is 6. The molecule has 0 aliphatic rings. The molecule has 2 aromatic carbocycles. The van der Waals surface area contributed by atoms with Crippen LogP contribution in [0.1, 0.15) is 27.7 Å². The minimum atomic E-state index is -0.846. The van der Waals surface area contributed by atoms with Gasteiger partial charge in [-0.3, -0.25) is 14.2 Å². The van der Waals surface area contributed by atoms with E-state index in [1.807, 2.05) is 30.3 Å². The smallest absolute Gasteiger partial charge is 0.354 e. The van der Waals surface area contributed by atoms with E-state index in [1.165, 1.54) is 34.9 Å². The summed E-state index contributed by atoms with van der Waals surface area (Å²) in [5.41, 5.74) is 2.86. The lowest BCUT2D eigenvalue weighted by Gasteiger charge is -2.19. The zero-order valence-corrected chi connectivity index (χ0v) is 23.6. The lowest BCUT2D eigenvalue weighted by atomic mass is 9.98. The molecule has 10 nitrogen and oxygen atoms in total. The van der Waals surface area contributed by atoms with Gasteiger partial charge in [0.15, 0.2) is 10.9 Å². The average Bonchev–Trinajstić information content (AvgIpc) is 3.56. The molecule has 0 N–H and O–H groups in total. The molecule has 0 amide bonds. The Bertz CT molecular complexity index is 1790. The molecule has 0 saturated heterocycles. The Morgan fingerprint density at radius 1 is 1.00 bits per heavy atom. The van der Waals surface area contributed by atoms with Crippen molar-refractivity contribution < 1.29 is 14.3 Å². The van der Waals surface area contributed by atoms with Crippen molar-refractivity contribution in [3.8, 4) is 16.9 Å². The van der Waals surface area contributed by atoms with Gasteiger partial charge in [-0.05, 0) is 35.4 Å². The third-order valence-corrected chi connectivity index (χ3v) is 7.00. The van der Waals surface area contributed by atoms with Gasteiger partial charge in [-0.1, -0.05) is 58.7 Å². The van der Waals surface area contributed by atoms with E-state index in [-0.39, 0.29) is 23.8 Å². The molecule has 0 fully saturated rings. The molecule has 0 aliphatic heterocycles. The Labute approximate surface area is 244 Å². The van der Waals surface area contributed by atoms with Crippen LogP contribution in [0.2, 0.25) is 10.2 Å². The number of halogens is 2. The van der Waals surface area contributed by atoms with E-state index in [0.29, 0.717) is 33.2 Å². The van der Waals surface area contributed by atoms with Gasteiger partial charge in [0.2, 0.25) is 0 Å². The molecular weight excluding hydrogens is 567 g/mol. The van der Waals surface area contributed by atoms with Gasteiger partial charge in [0, 0.05) is 42.7 Å². The fraction of sp³-hybridized carbons (Fsp3) is 0.172. The van der Waals surface area contributed by atoms with Crippen LogP contribution < -0.4 is 5.56 Å². The maximum atomic E-state index is 13.7. The molecule has 3 aromatic heterocycles. The molecule has 0 unspecified atom stereocenters. The number of aryl methyl sites for hydroxylation is 1. The van der Waals surface area contributed by atoms with Crippen molar-refractivity contribution in [1.82, 2.24) is 29.1 Å². The average molecular weight is 591 g/mol. The summed E-state index contributed by atoms with van der Waals surface area (Å²) < 4.78 is 9.22. The molecule has 0 radical (unpaired) electrons. The van der Waals surface area contributed by atoms with Crippen LogP contribution in [0.15, 0.2) is 84.2 Å². The minimum Gasteiger partial charge on any atom is -0.464 e. The molecule has 0 bridgehead atoms. The summed E-state index contributed by atoms with van der Waals surface area (Å²) in [7, 11) is 3.00. The van der Waals surface area contributed by atoms with Gasteiger partial charge >= 0.3 is 5.97 Å². The fourth-order valence-corrected chi connectivity index (χ4v) is 4.92. The lowest BCUT2D eigenvalue weighted by Crippen LogP contribution is -2.32. The summed E-state index contributed by atoms with van der Waals surface area (Å²) in [6, 6.07) is 16.6. The summed E-state index contributed by atoms with van der Waals surface area (Å²) in [4.78, 5) is 43.8. The molecular formula is C29H24Cl2N6O4. The Morgan fingerprint density at radius 3 is 2.46 bits per heavy atom. The van der Waals surface area contributed by atoms with Crippen LogP contribution in [-0.2, 0) is 29.4 Å². The van der Waals surface area contributed by atoms with Gasteiger partial charge in [-0.2, -0.15) is 0 Å². The first-order chi connectivity index (χ1) is 19.7. The van der Waals surface area contributed by atoms with Crippen LogP contribution in [0.3, 0.4) is 0 Å². The first kappa shape index (κ1) is 28.0. The monoisotopic (exact) mass is 590 g/mol. The highest BCUT2D eigenvalue weighted by Crippen LogP contribution is 2.28. The molecule has 1 atom stereocenters. The van der Waals surface area contributed by atoms with E-state index in [1.54, 1.807) is 42.1 Å². The first-order valence-electron chi connectivity index (χ1n) is 12.5. The number of esters is 1. The Kier molecular flexibility index (Phi) is 8.14. The van der Waals surface area contributed by atoms with Gasteiger partial charge in [0.1, 0.15) is 11.7 Å². The van der Waals surface area contributed by atoms with Crippen molar-refractivity contribution in [2.75, 3.05) is 7.11 Å². The second-order valence-electron chi connectivity index (χ2n) is 9.35. The molecule has 41 heavy (non-hydrogen) atoms. The summed E-state index contributed by atoms with van der Waals surface area (Å²) >= 11 is 12.2. The van der Waals surface area contributed by atoms with Crippen molar-refractivity contribution >= 4 is 35.0 Å². The second-order valence-corrected chi connectivity index (χ2v) is 10.2. The standard InChI is InChI=1S/C29H24Cl2N6O4/c1-35-15-19(11-25(35)29(40)41-2)12-26(38)24(10-18-6-4-3-5-7-18)36-17-32-22(14-28(36)39)21-13-20(30)8-9-23(21)37-16-27(31)33-34-37/h3-9,11,13-17,24H,10,12H2,1-2H3/t24-/m0/s1. The van der Waals surface area contributed by atoms with Crippen LogP contribution in [-0.4, -0.2) is 48.0 Å². The number of aromatic nitrogens is 6. The van der Waals surface area contributed by atoms with Crippen LogP contribution in [0, 0.1) is 0 Å². The molecule has 5 aromatic rings. The maximum Gasteiger partial charge on any atom is 0.354 e. The quantitative estimate of drug-likeness (QED) is 0.232.